The predicted octanol–water partition coefficient (Wildman–Crippen LogP) is 4.46. The zero-order chi connectivity index (χ0) is 23.5. The molecule has 1 fully saturated rings. The molecule has 1 aliphatic heterocycles. The molecule has 0 spiro atoms. The number of anilines is 1. The van der Waals surface area contributed by atoms with Crippen molar-refractivity contribution in [2.75, 3.05) is 23.9 Å². The lowest BCUT2D eigenvalue weighted by Gasteiger charge is -2.29. The Labute approximate surface area is 193 Å². The number of benzene rings is 2. The predicted molar refractivity (Wildman–Crippen MR) is 124 cm³/mol. The van der Waals surface area contributed by atoms with Crippen LogP contribution in [0.2, 0.25) is 5.02 Å². The Balaban J connectivity index is 2.06. The smallest absolute Gasteiger partial charge is 0.289 e. The summed E-state index contributed by atoms with van der Waals surface area (Å²) in [5.74, 6) is -0.293. The number of nitrogens with zero attached hydrogens (tertiary/aromatic N) is 3. The van der Waals surface area contributed by atoms with Crippen LogP contribution in [0.15, 0.2) is 41.3 Å². The Morgan fingerprint density at radius 2 is 1.75 bits per heavy atom. The number of sulfonamides is 1. The average Bonchev–Trinajstić information content (AvgIpc) is 3.02. The molecule has 0 N–H and O–H groups in total. The molecular formula is C22H26ClN3O5S. The minimum Gasteiger partial charge on any atom is -0.341 e. The van der Waals surface area contributed by atoms with E-state index in [9.17, 15) is 23.3 Å². The van der Waals surface area contributed by atoms with Crippen molar-refractivity contribution in [3.63, 3.8) is 0 Å². The fourth-order valence-electron chi connectivity index (χ4n) is 3.85. The van der Waals surface area contributed by atoms with Gasteiger partial charge in [0.2, 0.25) is 5.91 Å². The van der Waals surface area contributed by atoms with Crippen LogP contribution in [-0.4, -0.2) is 43.8 Å². The van der Waals surface area contributed by atoms with E-state index < -0.39 is 20.6 Å². The van der Waals surface area contributed by atoms with Crippen LogP contribution < -0.4 is 4.31 Å². The SMILES string of the molecule is Cc1ccc(N(CC(=O)N2CCCCCC2)S(=O)(=O)c2ccc(Cl)c([N+](=O)[O-])c2)c(C)c1. The van der Waals surface area contributed by atoms with Gasteiger partial charge in [0, 0.05) is 19.2 Å². The Morgan fingerprint density at radius 3 is 2.34 bits per heavy atom. The van der Waals surface area contributed by atoms with E-state index in [2.05, 4.69) is 0 Å². The van der Waals surface area contributed by atoms with Gasteiger partial charge in [0.05, 0.1) is 15.5 Å². The topological polar surface area (TPSA) is 101 Å². The number of nitro benzene ring substituents is 1. The van der Waals surface area contributed by atoms with Crippen molar-refractivity contribution in [3.8, 4) is 0 Å². The number of nitro groups is 1. The van der Waals surface area contributed by atoms with Crippen LogP contribution in [0.25, 0.3) is 0 Å². The molecule has 2 aromatic carbocycles. The highest BCUT2D eigenvalue weighted by Crippen LogP contribution is 2.32. The quantitative estimate of drug-likeness (QED) is 0.449. The third kappa shape index (κ3) is 5.21. The van der Waals surface area contributed by atoms with Crippen LogP contribution in [0.5, 0.6) is 0 Å². The van der Waals surface area contributed by atoms with Crippen LogP contribution in [0.3, 0.4) is 0 Å². The number of carbonyl (C=O) groups is 1. The molecule has 10 heteroatoms. The highest BCUT2D eigenvalue weighted by atomic mass is 35.5. The number of aryl methyl sites for hydroxylation is 2. The Hall–Kier alpha value is -2.65. The van der Waals surface area contributed by atoms with Gasteiger partial charge >= 0.3 is 0 Å². The van der Waals surface area contributed by atoms with Gasteiger partial charge in [-0.05, 0) is 50.5 Å². The lowest BCUT2D eigenvalue weighted by molar-refractivity contribution is -0.384. The molecule has 0 unspecified atom stereocenters. The maximum absolute atomic E-state index is 13.6. The number of hydrogen-bond donors (Lipinski definition) is 0. The number of hydrogen-bond acceptors (Lipinski definition) is 5. The fourth-order valence-corrected chi connectivity index (χ4v) is 5.53. The average molecular weight is 480 g/mol. The van der Waals surface area contributed by atoms with E-state index in [1.807, 2.05) is 13.0 Å². The summed E-state index contributed by atoms with van der Waals surface area (Å²) in [6.45, 7) is 4.45. The van der Waals surface area contributed by atoms with Crippen molar-refractivity contribution in [2.24, 2.45) is 0 Å². The molecule has 0 aliphatic carbocycles. The molecule has 1 amide bonds. The molecule has 2 aromatic rings. The minimum absolute atomic E-state index is 0.160. The van der Waals surface area contributed by atoms with Gasteiger partial charge in [0.25, 0.3) is 15.7 Å². The molecule has 0 atom stereocenters. The van der Waals surface area contributed by atoms with E-state index in [0.29, 0.717) is 24.3 Å². The van der Waals surface area contributed by atoms with Crippen LogP contribution in [-0.2, 0) is 14.8 Å². The van der Waals surface area contributed by atoms with Gasteiger partial charge < -0.3 is 4.90 Å². The summed E-state index contributed by atoms with van der Waals surface area (Å²) in [7, 11) is -4.28. The summed E-state index contributed by atoms with van der Waals surface area (Å²) >= 11 is 5.87. The molecular weight excluding hydrogens is 454 g/mol. The van der Waals surface area contributed by atoms with Gasteiger partial charge in [-0.25, -0.2) is 8.42 Å². The normalized spacial score (nSPS) is 14.7. The van der Waals surface area contributed by atoms with Crippen LogP contribution >= 0.6 is 11.6 Å². The van der Waals surface area contributed by atoms with Crippen LogP contribution in [0.1, 0.15) is 36.8 Å². The minimum atomic E-state index is -4.28. The summed E-state index contributed by atoms with van der Waals surface area (Å²) < 4.78 is 28.3. The standard InChI is InChI=1S/C22H26ClN3O5S/c1-16-7-10-20(17(2)13-16)25(15-22(27)24-11-5-3-4-6-12-24)32(30,31)18-8-9-19(23)21(14-18)26(28)29/h7-10,13-14H,3-6,11-12,15H2,1-2H3. The molecule has 0 bridgehead atoms. The Kier molecular flexibility index (Phi) is 7.40. The van der Waals surface area contributed by atoms with Crippen molar-refractivity contribution in [1.82, 2.24) is 4.90 Å². The maximum Gasteiger partial charge on any atom is 0.289 e. The van der Waals surface area contributed by atoms with Crippen LogP contribution in [0, 0.1) is 24.0 Å². The lowest BCUT2D eigenvalue weighted by Crippen LogP contribution is -2.43. The summed E-state index contributed by atoms with van der Waals surface area (Å²) in [6.07, 6.45) is 3.84. The second kappa shape index (κ2) is 9.87. The molecule has 3 rings (SSSR count). The summed E-state index contributed by atoms with van der Waals surface area (Å²) in [5, 5.41) is 11.1. The van der Waals surface area contributed by atoms with Gasteiger partial charge in [-0.2, -0.15) is 0 Å². The maximum atomic E-state index is 13.6. The largest absolute Gasteiger partial charge is 0.341 e. The lowest BCUT2D eigenvalue weighted by atomic mass is 10.1. The van der Waals surface area contributed by atoms with Crippen molar-refractivity contribution < 1.29 is 18.1 Å². The highest BCUT2D eigenvalue weighted by molar-refractivity contribution is 7.92. The zero-order valence-corrected chi connectivity index (χ0v) is 19.7. The summed E-state index contributed by atoms with van der Waals surface area (Å²) in [5.41, 5.74) is 1.48. The van der Waals surface area contributed by atoms with Gasteiger partial charge in [0.15, 0.2) is 0 Å². The van der Waals surface area contributed by atoms with Crippen molar-refractivity contribution in [2.45, 2.75) is 44.4 Å². The van der Waals surface area contributed by atoms with E-state index >= 15 is 0 Å². The first-order chi connectivity index (χ1) is 15.1. The van der Waals surface area contributed by atoms with Crippen LogP contribution in [0.4, 0.5) is 11.4 Å². The van der Waals surface area contributed by atoms with E-state index in [4.69, 9.17) is 11.6 Å². The van der Waals surface area contributed by atoms with Crippen molar-refractivity contribution in [3.05, 3.63) is 62.7 Å². The van der Waals surface area contributed by atoms with E-state index in [-0.39, 0.29) is 22.4 Å². The van der Waals surface area contributed by atoms with E-state index in [0.717, 1.165) is 41.6 Å². The van der Waals surface area contributed by atoms with Gasteiger partial charge in [-0.15, -0.1) is 0 Å². The van der Waals surface area contributed by atoms with Gasteiger partial charge in [-0.3, -0.25) is 19.2 Å². The third-order valence-corrected chi connectivity index (χ3v) is 7.64. The fraction of sp³-hybridized carbons (Fsp3) is 0.409. The monoisotopic (exact) mass is 479 g/mol. The summed E-state index contributed by atoms with van der Waals surface area (Å²) in [4.78, 5) is 25.1. The van der Waals surface area contributed by atoms with E-state index in [1.54, 1.807) is 24.0 Å². The first kappa shape index (κ1) is 24.0. The Bertz CT molecular complexity index is 1130. The second-order valence-corrected chi connectivity index (χ2v) is 10.2. The second-order valence-electron chi connectivity index (χ2n) is 7.97. The molecule has 8 nitrogen and oxygen atoms in total. The van der Waals surface area contributed by atoms with Crippen molar-refractivity contribution >= 4 is 38.9 Å². The zero-order valence-electron chi connectivity index (χ0n) is 18.1. The molecule has 0 saturated carbocycles. The van der Waals surface area contributed by atoms with Gasteiger partial charge in [-0.1, -0.05) is 42.1 Å². The number of amides is 1. The molecule has 32 heavy (non-hydrogen) atoms. The Morgan fingerprint density at radius 1 is 1.09 bits per heavy atom. The number of carbonyl (C=O) groups excluding carboxylic acids is 1. The number of likely N-dealkylation sites (tertiary alicyclic amines) is 1. The highest BCUT2D eigenvalue weighted by Gasteiger charge is 2.31. The first-order valence-corrected chi connectivity index (χ1v) is 12.2. The van der Waals surface area contributed by atoms with Gasteiger partial charge in [0.1, 0.15) is 11.6 Å². The molecule has 1 heterocycles. The third-order valence-electron chi connectivity index (χ3n) is 5.56. The van der Waals surface area contributed by atoms with E-state index in [1.165, 1.54) is 12.1 Å². The molecule has 172 valence electrons. The first-order valence-electron chi connectivity index (χ1n) is 10.4. The molecule has 1 aliphatic rings. The number of rotatable bonds is 6. The summed E-state index contributed by atoms with van der Waals surface area (Å²) in [6, 6.07) is 8.60. The molecule has 0 aromatic heterocycles. The molecule has 1 saturated heterocycles. The number of halogens is 1. The molecule has 0 radical (unpaired) electrons. The van der Waals surface area contributed by atoms with Crippen molar-refractivity contribution in [1.29, 1.82) is 0 Å².